The third-order valence-electron chi connectivity index (χ3n) is 3.79. The standard InChI is InChI=1S/C19H18ClN3OS/c1-12-7-13(4-6-22-12)15-8-16(10-21)18(17(20)9-15)25-19-14(11-24)3-2-5-23-19/h2-9,24H,10-11,21H2,1H3. The van der Waals surface area contributed by atoms with E-state index in [-0.39, 0.29) is 6.61 Å². The maximum absolute atomic E-state index is 9.49. The van der Waals surface area contributed by atoms with Crippen molar-refractivity contribution in [1.29, 1.82) is 0 Å². The summed E-state index contributed by atoms with van der Waals surface area (Å²) in [6.45, 7) is 2.25. The molecule has 25 heavy (non-hydrogen) atoms. The lowest BCUT2D eigenvalue weighted by atomic mass is 10.0. The molecule has 0 aliphatic heterocycles. The highest BCUT2D eigenvalue weighted by atomic mass is 35.5. The van der Waals surface area contributed by atoms with Crippen molar-refractivity contribution in [3.05, 3.63) is 70.6 Å². The minimum absolute atomic E-state index is 0.0693. The van der Waals surface area contributed by atoms with E-state index in [1.165, 1.54) is 11.8 Å². The van der Waals surface area contributed by atoms with E-state index in [4.69, 9.17) is 17.3 Å². The molecule has 4 nitrogen and oxygen atoms in total. The van der Waals surface area contributed by atoms with Crippen LogP contribution < -0.4 is 5.73 Å². The van der Waals surface area contributed by atoms with E-state index >= 15 is 0 Å². The zero-order valence-electron chi connectivity index (χ0n) is 13.7. The minimum Gasteiger partial charge on any atom is -0.392 e. The lowest BCUT2D eigenvalue weighted by Crippen LogP contribution is -2.01. The van der Waals surface area contributed by atoms with Crippen molar-refractivity contribution in [2.24, 2.45) is 5.73 Å². The van der Waals surface area contributed by atoms with Crippen LogP contribution in [0.3, 0.4) is 0 Å². The van der Waals surface area contributed by atoms with E-state index in [2.05, 4.69) is 9.97 Å². The summed E-state index contributed by atoms with van der Waals surface area (Å²) < 4.78 is 0. The van der Waals surface area contributed by atoms with Crippen LogP contribution in [0.2, 0.25) is 5.02 Å². The SMILES string of the molecule is Cc1cc(-c2cc(Cl)c(Sc3ncccc3CO)c(CN)c2)ccn1. The second kappa shape index (κ2) is 7.97. The van der Waals surface area contributed by atoms with Crippen molar-refractivity contribution < 1.29 is 5.11 Å². The van der Waals surface area contributed by atoms with Crippen LogP contribution in [0.4, 0.5) is 0 Å². The first-order chi connectivity index (χ1) is 12.1. The highest BCUT2D eigenvalue weighted by molar-refractivity contribution is 7.99. The van der Waals surface area contributed by atoms with Gasteiger partial charge in [-0.05, 0) is 53.9 Å². The number of nitrogens with two attached hydrogens (primary N) is 1. The van der Waals surface area contributed by atoms with Gasteiger partial charge in [0.1, 0.15) is 5.03 Å². The molecule has 0 saturated carbocycles. The largest absolute Gasteiger partial charge is 0.392 e. The van der Waals surface area contributed by atoms with Gasteiger partial charge in [-0.15, -0.1) is 0 Å². The van der Waals surface area contributed by atoms with Gasteiger partial charge in [0.15, 0.2) is 0 Å². The van der Waals surface area contributed by atoms with Gasteiger partial charge in [-0.3, -0.25) is 4.98 Å². The van der Waals surface area contributed by atoms with Crippen LogP contribution in [0.25, 0.3) is 11.1 Å². The number of benzene rings is 1. The fourth-order valence-electron chi connectivity index (χ4n) is 2.54. The molecule has 3 rings (SSSR count). The third kappa shape index (κ3) is 4.02. The molecule has 128 valence electrons. The maximum atomic E-state index is 9.49. The first-order valence-electron chi connectivity index (χ1n) is 7.80. The van der Waals surface area contributed by atoms with E-state index in [0.717, 1.165) is 37.9 Å². The number of aromatic nitrogens is 2. The second-order valence-corrected chi connectivity index (χ2v) is 6.97. The Labute approximate surface area is 156 Å². The van der Waals surface area contributed by atoms with Crippen molar-refractivity contribution in [3.8, 4) is 11.1 Å². The van der Waals surface area contributed by atoms with Crippen LogP contribution in [0.15, 0.2) is 58.7 Å². The quantitative estimate of drug-likeness (QED) is 0.703. The molecule has 0 saturated heterocycles. The molecule has 2 aromatic heterocycles. The summed E-state index contributed by atoms with van der Waals surface area (Å²) in [7, 11) is 0. The fourth-order valence-corrected chi connectivity index (χ4v) is 3.90. The zero-order chi connectivity index (χ0) is 17.8. The average molecular weight is 372 g/mol. The lowest BCUT2D eigenvalue weighted by Gasteiger charge is -2.14. The monoisotopic (exact) mass is 371 g/mol. The highest BCUT2D eigenvalue weighted by Crippen LogP contribution is 2.39. The number of aryl methyl sites for hydroxylation is 1. The fraction of sp³-hybridized carbons (Fsp3) is 0.158. The topological polar surface area (TPSA) is 72.0 Å². The number of hydrogen-bond donors (Lipinski definition) is 2. The second-order valence-electron chi connectivity index (χ2n) is 5.56. The molecule has 0 spiro atoms. The Bertz CT molecular complexity index is 902. The molecule has 0 atom stereocenters. The predicted molar refractivity (Wildman–Crippen MR) is 102 cm³/mol. The van der Waals surface area contributed by atoms with Crippen molar-refractivity contribution in [1.82, 2.24) is 9.97 Å². The Kier molecular flexibility index (Phi) is 5.71. The molecule has 3 N–H and O–H groups in total. The Morgan fingerprint density at radius 2 is 1.92 bits per heavy atom. The Morgan fingerprint density at radius 3 is 2.64 bits per heavy atom. The van der Waals surface area contributed by atoms with Crippen molar-refractivity contribution in [2.45, 2.75) is 30.0 Å². The van der Waals surface area contributed by atoms with Crippen LogP contribution >= 0.6 is 23.4 Å². The number of aliphatic hydroxyl groups is 1. The summed E-state index contributed by atoms with van der Waals surface area (Å²) in [5.41, 5.74) is 10.7. The first-order valence-corrected chi connectivity index (χ1v) is 9.00. The van der Waals surface area contributed by atoms with E-state index in [0.29, 0.717) is 11.6 Å². The van der Waals surface area contributed by atoms with Crippen LogP contribution in [0.5, 0.6) is 0 Å². The molecule has 0 unspecified atom stereocenters. The summed E-state index contributed by atoms with van der Waals surface area (Å²) in [6, 6.07) is 11.6. The first kappa shape index (κ1) is 17.9. The van der Waals surface area contributed by atoms with E-state index in [1.807, 2.05) is 37.3 Å². The molecule has 1 aromatic carbocycles. The highest BCUT2D eigenvalue weighted by Gasteiger charge is 2.14. The molecule has 6 heteroatoms. The minimum atomic E-state index is -0.0693. The number of hydrogen-bond acceptors (Lipinski definition) is 5. The Morgan fingerprint density at radius 1 is 1.08 bits per heavy atom. The van der Waals surface area contributed by atoms with Gasteiger partial charge >= 0.3 is 0 Å². The summed E-state index contributed by atoms with van der Waals surface area (Å²) in [5, 5.41) is 10.8. The van der Waals surface area contributed by atoms with Gasteiger partial charge in [-0.25, -0.2) is 4.98 Å². The van der Waals surface area contributed by atoms with E-state index in [1.54, 1.807) is 18.5 Å². The zero-order valence-corrected chi connectivity index (χ0v) is 15.3. The molecule has 0 aliphatic rings. The molecule has 0 amide bonds. The van der Waals surface area contributed by atoms with Crippen molar-refractivity contribution in [2.75, 3.05) is 0 Å². The Hall–Kier alpha value is -1.92. The average Bonchev–Trinajstić information content (AvgIpc) is 2.63. The van der Waals surface area contributed by atoms with E-state index < -0.39 is 0 Å². The van der Waals surface area contributed by atoms with Crippen molar-refractivity contribution >= 4 is 23.4 Å². The smallest absolute Gasteiger partial charge is 0.106 e. The number of halogens is 1. The number of aliphatic hydroxyl groups excluding tert-OH is 1. The summed E-state index contributed by atoms with van der Waals surface area (Å²) in [4.78, 5) is 9.45. The van der Waals surface area contributed by atoms with Gasteiger partial charge < -0.3 is 10.8 Å². The van der Waals surface area contributed by atoms with Gasteiger partial charge in [0, 0.05) is 35.1 Å². The normalized spacial score (nSPS) is 10.9. The predicted octanol–water partition coefficient (Wildman–Crippen LogP) is 4.21. The molecular formula is C19H18ClN3OS. The van der Waals surface area contributed by atoms with Crippen LogP contribution in [-0.2, 0) is 13.2 Å². The van der Waals surface area contributed by atoms with E-state index in [9.17, 15) is 5.11 Å². The maximum Gasteiger partial charge on any atom is 0.106 e. The number of rotatable bonds is 5. The molecule has 3 aromatic rings. The lowest BCUT2D eigenvalue weighted by molar-refractivity contribution is 0.278. The molecule has 0 fully saturated rings. The summed E-state index contributed by atoms with van der Waals surface area (Å²) in [6.07, 6.45) is 3.48. The van der Waals surface area contributed by atoms with Crippen molar-refractivity contribution in [3.63, 3.8) is 0 Å². The molecule has 0 aliphatic carbocycles. The molecule has 0 bridgehead atoms. The van der Waals surface area contributed by atoms with Gasteiger partial charge in [-0.2, -0.15) is 0 Å². The van der Waals surface area contributed by atoms with Gasteiger partial charge in [0.25, 0.3) is 0 Å². The molecule has 2 heterocycles. The number of nitrogens with zero attached hydrogens (tertiary/aromatic N) is 2. The molecular weight excluding hydrogens is 354 g/mol. The third-order valence-corrected chi connectivity index (χ3v) is 5.45. The van der Waals surface area contributed by atoms with Crippen LogP contribution in [0, 0.1) is 6.92 Å². The van der Waals surface area contributed by atoms with Gasteiger partial charge in [-0.1, -0.05) is 29.4 Å². The summed E-state index contributed by atoms with van der Waals surface area (Å²) in [5.74, 6) is 0. The van der Waals surface area contributed by atoms with Gasteiger partial charge in [0.2, 0.25) is 0 Å². The number of pyridine rings is 2. The van der Waals surface area contributed by atoms with Crippen LogP contribution in [0.1, 0.15) is 16.8 Å². The Balaban J connectivity index is 2.03. The van der Waals surface area contributed by atoms with Crippen LogP contribution in [-0.4, -0.2) is 15.1 Å². The van der Waals surface area contributed by atoms with Gasteiger partial charge in [0.05, 0.1) is 11.6 Å². The summed E-state index contributed by atoms with van der Waals surface area (Å²) >= 11 is 7.99. The molecule has 0 radical (unpaired) electrons.